The van der Waals surface area contributed by atoms with Crippen molar-refractivity contribution in [3.05, 3.63) is 48.5 Å². The summed E-state index contributed by atoms with van der Waals surface area (Å²) in [6.45, 7) is 0.348. The highest BCUT2D eigenvalue weighted by Crippen LogP contribution is 2.24. The standard InChI is InChI=1S/C18H22N2O6S2/c1-25-15-3-7-17(8-4-15)27(21,22)19-11-13-20(14-12-19)28(23,24)18-9-5-16(26-2)6-10-18/h3-10H,11-14H2,1-2H3. The molecule has 0 saturated carbocycles. The zero-order chi connectivity index (χ0) is 20.4. The summed E-state index contributed by atoms with van der Waals surface area (Å²) in [5, 5.41) is 0. The van der Waals surface area contributed by atoms with Crippen molar-refractivity contribution in [2.45, 2.75) is 9.79 Å². The van der Waals surface area contributed by atoms with E-state index in [9.17, 15) is 16.8 Å². The van der Waals surface area contributed by atoms with Crippen molar-refractivity contribution < 1.29 is 26.3 Å². The third-order valence-corrected chi connectivity index (χ3v) is 8.42. The maximum atomic E-state index is 12.8. The van der Waals surface area contributed by atoms with Crippen molar-refractivity contribution in [1.82, 2.24) is 8.61 Å². The van der Waals surface area contributed by atoms with E-state index in [1.165, 1.54) is 47.1 Å². The van der Waals surface area contributed by atoms with Crippen LogP contribution in [0.5, 0.6) is 11.5 Å². The van der Waals surface area contributed by atoms with Crippen LogP contribution in [0.1, 0.15) is 0 Å². The van der Waals surface area contributed by atoms with Gasteiger partial charge in [0.15, 0.2) is 0 Å². The molecule has 0 N–H and O–H groups in total. The number of hydrogen-bond acceptors (Lipinski definition) is 6. The Morgan fingerprint density at radius 1 is 0.607 bits per heavy atom. The SMILES string of the molecule is COc1ccc(S(=O)(=O)N2CCN(S(=O)(=O)c3ccc(OC)cc3)CC2)cc1. The summed E-state index contributed by atoms with van der Waals surface area (Å²) in [4.78, 5) is 0.305. The van der Waals surface area contributed by atoms with Gasteiger partial charge in [0.1, 0.15) is 11.5 Å². The molecule has 0 radical (unpaired) electrons. The molecule has 152 valence electrons. The van der Waals surface area contributed by atoms with Gasteiger partial charge in [0.2, 0.25) is 20.0 Å². The maximum absolute atomic E-state index is 12.8. The maximum Gasteiger partial charge on any atom is 0.243 e. The number of rotatable bonds is 6. The second kappa shape index (κ2) is 8.08. The Balaban J connectivity index is 1.72. The monoisotopic (exact) mass is 426 g/mol. The predicted molar refractivity (Wildman–Crippen MR) is 104 cm³/mol. The lowest BCUT2D eigenvalue weighted by Crippen LogP contribution is -2.50. The highest BCUT2D eigenvalue weighted by molar-refractivity contribution is 7.89. The lowest BCUT2D eigenvalue weighted by Gasteiger charge is -2.33. The summed E-state index contributed by atoms with van der Waals surface area (Å²) in [6, 6.07) is 12.2. The molecule has 1 heterocycles. The van der Waals surface area contributed by atoms with Gasteiger partial charge in [0, 0.05) is 26.2 Å². The fourth-order valence-corrected chi connectivity index (χ4v) is 5.79. The molecule has 28 heavy (non-hydrogen) atoms. The number of hydrogen-bond donors (Lipinski definition) is 0. The van der Waals surface area contributed by atoms with E-state index in [1.807, 2.05) is 0 Å². The molecule has 10 heteroatoms. The zero-order valence-corrected chi connectivity index (χ0v) is 17.2. The van der Waals surface area contributed by atoms with Gasteiger partial charge in [-0.2, -0.15) is 8.61 Å². The second-order valence-electron chi connectivity index (χ2n) is 6.16. The van der Waals surface area contributed by atoms with Gasteiger partial charge in [0.05, 0.1) is 24.0 Å². The average Bonchev–Trinajstić information content (AvgIpc) is 2.74. The Bertz CT molecular complexity index is 925. The van der Waals surface area contributed by atoms with Crippen molar-refractivity contribution in [2.24, 2.45) is 0 Å². The largest absolute Gasteiger partial charge is 0.497 e. The molecular weight excluding hydrogens is 404 g/mol. The van der Waals surface area contributed by atoms with Crippen LogP contribution >= 0.6 is 0 Å². The lowest BCUT2D eigenvalue weighted by atomic mass is 10.3. The molecule has 1 aliphatic heterocycles. The van der Waals surface area contributed by atoms with E-state index in [0.29, 0.717) is 11.5 Å². The summed E-state index contributed by atoms with van der Waals surface area (Å²) >= 11 is 0. The highest BCUT2D eigenvalue weighted by atomic mass is 32.2. The number of piperazine rings is 1. The van der Waals surface area contributed by atoms with Crippen molar-refractivity contribution in [3.8, 4) is 11.5 Å². The molecule has 0 aliphatic carbocycles. The Morgan fingerprint density at radius 2 is 0.893 bits per heavy atom. The van der Waals surface area contributed by atoms with Crippen LogP contribution in [0.3, 0.4) is 0 Å². The molecule has 0 spiro atoms. The molecule has 0 amide bonds. The van der Waals surface area contributed by atoms with E-state index < -0.39 is 20.0 Å². The van der Waals surface area contributed by atoms with Crippen LogP contribution in [-0.4, -0.2) is 65.8 Å². The number of benzene rings is 2. The molecular formula is C18H22N2O6S2. The van der Waals surface area contributed by atoms with Crippen LogP contribution in [0.4, 0.5) is 0 Å². The molecule has 2 aromatic rings. The van der Waals surface area contributed by atoms with E-state index in [-0.39, 0.29) is 36.0 Å². The molecule has 8 nitrogen and oxygen atoms in total. The molecule has 1 aliphatic rings. The van der Waals surface area contributed by atoms with Crippen LogP contribution in [0, 0.1) is 0 Å². The number of methoxy groups -OCH3 is 2. The van der Waals surface area contributed by atoms with Gasteiger partial charge in [-0.25, -0.2) is 16.8 Å². The predicted octanol–water partition coefficient (Wildman–Crippen LogP) is 1.40. The number of sulfonamides is 2. The van der Waals surface area contributed by atoms with Crippen LogP contribution in [-0.2, 0) is 20.0 Å². The first kappa shape index (κ1) is 20.6. The Kier molecular flexibility index (Phi) is 5.94. The molecule has 1 fully saturated rings. The van der Waals surface area contributed by atoms with Gasteiger partial charge in [-0.15, -0.1) is 0 Å². The van der Waals surface area contributed by atoms with Gasteiger partial charge in [-0.05, 0) is 48.5 Å². The smallest absolute Gasteiger partial charge is 0.243 e. The van der Waals surface area contributed by atoms with Crippen LogP contribution < -0.4 is 9.47 Å². The molecule has 1 saturated heterocycles. The van der Waals surface area contributed by atoms with Crippen molar-refractivity contribution in [1.29, 1.82) is 0 Å². The van der Waals surface area contributed by atoms with E-state index in [1.54, 1.807) is 24.3 Å². The topological polar surface area (TPSA) is 93.2 Å². The van der Waals surface area contributed by atoms with Gasteiger partial charge < -0.3 is 9.47 Å². The molecule has 0 bridgehead atoms. The summed E-state index contributed by atoms with van der Waals surface area (Å²) in [5.74, 6) is 1.13. The van der Waals surface area contributed by atoms with Gasteiger partial charge in [0.25, 0.3) is 0 Å². The minimum Gasteiger partial charge on any atom is -0.497 e. The first-order valence-electron chi connectivity index (χ1n) is 8.57. The minimum absolute atomic E-state index is 0.0871. The van der Waals surface area contributed by atoms with Crippen molar-refractivity contribution in [3.63, 3.8) is 0 Å². The summed E-state index contributed by atoms with van der Waals surface area (Å²) < 4.78 is 63.8. The number of nitrogens with zero attached hydrogens (tertiary/aromatic N) is 2. The molecule has 2 aromatic carbocycles. The second-order valence-corrected chi connectivity index (χ2v) is 10.0. The van der Waals surface area contributed by atoms with Gasteiger partial charge >= 0.3 is 0 Å². The van der Waals surface area contributed by atoms with Crippen LogP contribution in [0.15, 0.2) is 58.3 Å². The van der Waals surface area contributed by atoms with Gasteiger partial charge in [-0.3, -0.25) is 0 Å². The normalized spacial score (nSPS) is 16.6. The summed E-state index contributed by atoms with van der Waals surface area (Å²) in [6.07, 6.45) is 0. The van der Waals surface area contributed by atoms with Crippen LogP contribution in [0.25, 0.3) is 0 Å². The summed E-state index contributed by atoms with van der Waals surface area (Å²) in [7, 11) is -4.37. The van der Waals surface area contributed by atoms with Gasteiger partial charge in [-0.1, -0.05) is 0 Å². The third kappa shape index (κ3) is 4.00. The fourth-order valence-electron chi connectivity index (χ4n) is 2.94. The van der Waals surface area contributed by atoms with E-state index in [2.05, 4.69) is 0 Å². The Labute approximate surface area is 165 Å². The number of ether oxygens (including phenoxy) is 2. The molecule has 0 atom stereocenters. The Morgan fingerprint density at radius 3 is 1.14 bits per heavy atom. The molecule has 0 unspecified atom stereocenters. The molecule has 3 rings (SSSR count). The third-order valence-electron chi connectivity index (χ3n) is 4.59. The highest BCUT2D eigenvalue weighted by Gasteiger charge is 2.33. The van der Waals surface area contributed by atoms with E-state index in [4.69, 9.17) is 9.47 Å². The quantitative estimate of drug-likeness (QED) is 0.693. The average molecular weight is 427 g/mol. The zero-order valence-electron chi connectivity index (χ0n) is 15.6. The minimum atomic E-state index is -3.69. The van der Waals surface area contributed by atoms with Crippen molar-refractivity contribution in [2.75, 3.05) is 40.4 Å². The first-order chi connectivity index (χ1) is 13.3. The van der Waals surface area contributed by atoms with E-state index >= 15 is 0 Å². The molecule has 0 aromatic heterocycles. The first-order valence-corrected chi connectivity index (χ1v) is 11.5. The van der Waals surface area contributed by atoms with E-state index in [0.717, 1.165) is 0 Å². The fraction of sp³-hybridized carbons (Fsp3) is 0.333. The Hall–Kier alpha value is -2.14. The van der Waals surface area contributed by atoms with Crippen molar-refractivity contribution >= 4 is 20.0 Å². The van der Waals surface area contributed by atoms with Crippen LogP contribution in [0.2, 0.25) is 0 Å². The summed E-state index contributed by atoms with van der Waals surface area (Å²) in [5.41, 5.74) is 0. The lowest BCUT2D eigenvalue weighted by molar-refractivity contribution is 0.273.